The molecule has 6 nitrogen and oxygen atoms in total. The highest BCUT2D eigenvalue weighted by Gasteiger charge is 2.34. The Balaban J connectivity index is 1.52. The smallest absolute Gasteiger partial charge is 0.155 e. The fourth-order valence-corrected chi connectivity index (χ4v) is 3.99. The fourth-order valence-electron chi connectivity index (χ4n) is 3.99. The van der Waals surface area contributed by atoms with E-state index in [1.165, 1.54) is 16.5 Å². The lowest BCUT2D eigenvalue weighted by Crippen LogP contribution is -2.49. The van der Waals surface area contributed by atoms with E-state index in [1.54, 1.807) is 0 Å². The summed E-state index contributed by atoms with van der Waals surface area (Å²) in [4.78, 5) is 12.8. The number of nitrogens with one attached hydrogen (secondary N) is 2. The van der Waals surface area contributed by atoms with Crippen LogP contribution < -0.4 is 0 Å². The number of nitrogens with zero attached hydrogens (tertiary/aromatic N) is 4. The normalized spacial score (nSPS) is 22.1. The number of aromatic nitrogens is 4. The van der Waals surface area contributed by atoms with Gasteiger partial charge < -0.3 is 9.88 Å². The predicted molar refractivity (Wildman–Crippen MR) is 99.5 cm³/mol. The number of likely N-dealkylation sites (N-methyl/N-ethyl adjacent to an activating group) is 1. The van der Waals surface area contributed by atoms with Gasteiger partial charge in [-0.05, 0) is 45.6 Å². The molecule has 2 N–H and O–H groups in total. The zero-order valence-corrected chi connectivity index (χ0v) is 15.2. The van der Waals surface area contributed by atoms with E-state index in [4.69, 9.17) is 0 Å². The first-order valence-corrected chi connectivity index (χ1v) is 8.94. The zero-order valence-electron chi connectivity index (χ0n) is 15.2. The molecule has 0 amide bonds. The molecule has 0 unspecified atom stereocenters. The monoisotopic (exact) mass is 338 g/mol. The van der Waals surface area contributed by atoms with Crippen molar-refractivity contribution in [2.75, 3.05) is 27.2 Å². The standard InChI is InChI=1S/C19H26N6/c1-13-21-19(23-22-13)16-8-9-25(12-18(16)24(2)3)11-14-10-20-17-7-5-4-6-15(14)17/h4-7,10,16,18,20H,8-9,11-12H2,1-3H3,(H,21,22,23)/t16-,18+/m0/s1. The Hall–Kier alpha value is -2.18. The molecule has 6 heteroatoms. The van der Waals surface area contributed by atoms with Gasteiger partial charge in [0.1, 0.15) is 5.82 Å². The van der Waals surface area contributed by atoms with Crippen LogP contribution in [0.25, 0.3) is 10.9 Å². The van der Waals surface area contributed by atoms with Crippen LogP contribution in [0, 0.1) is 6.92 Å². The van der Waals surface area contributed by atoms with Gasteiger partial charge in [0.2, 0.25) is 0 Å². The van der Waals surface area contributed by atoms with Gasteiger partial charge in [-0.25, -0.2) is 4.98 Å². The van der Waals surface area contributed by atoms with E-state index in [9.17, 15) is 0 Å². The Bertz CT molecular complexity index is 848. The molecular weight excluding hydrogens is 312 g/mol. The third-order valence-corrected chi connectivity index (χ3v) is 5.34. The van der Waals surface area contributed by atoms with Crippen molar-refractivity contribution < 1.29 is 0 Å². The molecule has 1 aliphatic heterocycles. The second-order valence-electron chi connectivity index (χ2n) is 7.30. The highest BCUT2D eigenvalue weighted by molar-refractivity contribution is 5.82. The zero-order chi connectivity index (χ0) is 17.4. The van der Waals surface area contributed by atoms with Gasteiger partial charge in [-0.2, -0.15) is 5.10 Å². The number of hydrogen-bond donors (Lipinski definition) is 2. The Morgan fingerprint density at radius 1 is 1.28 bits per heavy atom. The van der Waals surface area contributed by atoms with E-state index in [0.717, 1.165) is 37.7 Å². The van der Waals surface area contributed by atoms with Crippen LogP contribution in [0.5, 0.6) is 0 Å². The largest absolute Gasteiger partial charge is 0.361 e. The van der Waals surface area contributed by atoms with Crippen LogP contribution in [0.15, 0.2) is 30.5 Å². The van der Waals surface area contributed by atoms with Crippen LogP contribution in [0.1, 0.15) is 29.6 Å². The number of para-hydroxylation sites is 1. The number of fused-ring (bicyclic) bond motifs is 1. The Morgan fingerprint density at radius 2 is 2.12 bits per heavy atom. The fraction of sp³-hybridized carbons (Fsp3) is 0.474. The second-order valence-corrected chi connectivity index (χ2v) is 7.30. The molecule has 3 aromatic rings. The van der Waals surface area contributed by atoms with Gasteiger partial charge in [0, 0.05) is 42.1 Å². The number of piperidine rings is 1. The van der Waals surface area contributed by atoms with Crippen LogP contribution in [0.2, 0.25) is 0 Å². The molecule has 1 aromatic carbocycles. The first-order valence-electron chi connectivity index (χ1n) is 8.94. The number of aromatic amines is 2. The molecular formula is C19H26N6. The lowest BCUT2D eigenvalue weighted by molar-refractivity contribution is 0.105. The molecule has 0 spiro atoms. The van der Waals surface area contributed by atoms with E-state index in [2.05, 4.69) is 74.5 Å². The SMILES string of the molecule is Cc1nc([C@H]2CCN(Cc3c[nH]c4ccccc34)C[C@H]2N(C)C)n[nH]1. The molecule has 1 fully saturated rings. The summed E-state index contributed by atoms with van der Waals surface area (Å²) in [7, 11) is 4.32. The van der Waals surface area contributed by atoms with Gasteiger partial charge in [-0.3, -0.25) is 10.00 Å². The van der Waals surface area contributed by atoms with Gasteiger partial charge in [0.25, 0.3) is 0 Å². The third kappa shape index (κ3) is 3.19. The number of benzene rings is 1. The molecule has 4 rings (SSSR count). The van der Waals surface area contributed by atoms with Gasteiger partial charge >= 0.3 is 0 Å². The topological polar surface area (TPSA) is 63.8 Å². The minimum absolute atomic E-state index is 0.388. The summed E-state index contributed by atoms with van der Waals surface area (Å²) >= 11 is 0. The number of rotatable bonds is 4. The highest BCUT2D eigenvalue weighted by atomic mass is 15.3. The van der Waals surface area contributed by atoms with Crippen LogP contribution in [0.3, 0.4) is 0 Å². The lowest BCUT2D eigenvalue weighted by atomic mass is 9.89. The van der Waals surface area contributed by atoms with E-state index in [1.807, 2.05) is 6.92 Å². The van der Waals surface area contributed by atoms with Crippen molar-refractivity contribution in [1.29, 1.82) is 0 Å². The quantitative estimate of drug-likeness (QED) is 0.767. The molecule has 3 heterocycles. The van der Waals surface area contributed by atoms with E-state index < -0.39 is 0 Å². The van der Waals surface area contributed by atoms with Gasteiger partial charge in [0.05, 0.1) is 0 Å². The maximum atomic E-state index is 4.59. The highest BCUT2D eigenvalue weighted by Crippen LogP contribution is 2.30. The molecule has 1 saturated heterocycles. The van der Waals surface area contributed by atoms with Crippen molar-refractivity contribution in [3.05, 3.63) is 47.7 Å². The van der Waals surface area contributed by atoms with Gasteiger partial charge in [-0.15, -0.1) is 0 Å². The molecule has 1 aliphatic rings. The minimum atomic E-state index is 0.388. The van der Waals surface area contributed by atoms with Crippen molar-refractivity contribution in [3.8, 4) is 0 Å². The predicted octanol–water partition coefficient (Wildman–Crippen LogP) is 2.51. The first kappa shape index (κ1) is 16.3. The molecule has 0 saturated carbocycles. The molecule has 2 atom stereocenters. The van der Waals surface area contributed by atoms with E-state index in [0.29, 0.717) is 12.0 Å². The number of aryl methyl sites for hydroxylation is 1. The van der Waals surface area contributed by atoms with Crippen LogP contribution in [0.4, 0.5) is 0 Å². The average Bonchev–Trinajstić information content (AvgIpc) is 3.22. The second kappa shape index (κ2) is 6.61. The lowest BCUT2D eigenvalue weighted by Gasteiger charge is -2.40. The molecule has 0 bridgehead atoms. The van der Waals surface area contributed by atoms with E-state index in [-0.39, 0.29) is 0 Å². The summed E-state index contributed by atoms with van der Waals surface area (Å²) in [5.41, 5.74) is 2.59. The molecule has 132 valence electrons. The van der Waals surface area contributed by atoms with Gasteiger partial charge in [-0.1, -0.05) is 18.2 Å². The Labute approximate surface area is 148 Å². The molecule has 25 heavy (non-hydrogen) atoms. The van der Waals surface area contributed by atoms with E-state index >= 15 is 0 Å². The van der Waals surface area contributed by atoms with Gasteiger partial charge in [0.15, 0.2) is 5.82 Å². The number of likely N-dealkylation sites (tertiary alicyclic amines) is 1. The van der Waals surface area contributed by atoms with Crippen LogP contribution in [-0.2, 0) is 6.54 Å². The van der Waals surface area contributed by atoms with Crippen molar-refractivity contribution in [3.63, 3.8) is 0 Å². The summed E-state index contributed by atoms with van der Waals surface area (Å²) in [6.45, 7) is 5.05. The molecule has 0 aliphatic carbocycles. The van der Waals surface area contributed by atoms with Crippen LogP contribution in [-0.4, -0.2) is 63.2 Å². The average molecular weight is 338 g/mol. The summed E-state index contributed by atoms with van der Waals surface area (Å²) in [5, 5.41) is 8.75. The Kier molecular flexibility index (Phi) is 4.31. The molecule has 0 radical (unpaired) electrons. The maximum Gasteiger partial charge on any atom is 0.155 e. The number of H-pyrrole nitrogens is 2. The van der Waals surface area contributed by atoms with Crippen molar-refractivity contribution in [1.82, 2.24) is 30.0 Å². The summed E-state index contributed by atoms with van der Waals surface area (Å²) in [6.07, 6.45) is 3.24. The first-order chi connectivity index (χ1) is 12.1. The summed E-state index contributed by atoms with van der Waals surface area (Å²) < 4.78 is 0. The number of hydrogen-bond acceptors (Lipinski definition) is 4. The Morgan fingerprint density at radius 3 is 2.88 bits per heavy atom. The van der Waals surface area contributed by atoms with Crippen molar-refractivity contribution in [2.24, 2.45) is 0 Å². The maximum absolute atomic E-state index is 4.59. The van der Waals surface area contributed by atoms with Crippen molar-refractivity contribution >= 4 is 10.9 Å². The summed E-state index contributed by atoms with van der Waals surface area (Å²) in [5.74, 6) is 2.25. The molecule has 2 aromatic heterocycles. The summed E-state index contributed by atoms with van der Waals surface area (Å²) in [6, 6.07) is 8.96. The minimum Gasteiger partial charge on any atom is -0.361 e. The third-order valence-electron chi connectivity index (χ3n) is 5.34. The van der Waals surface area contributed by atoms with Crippen molar-refractivity contribution in [2.45, 2.75) is 31.8 Å². The van der Waals surface area contributed by atoms with Crippen LogP contribution >= 0.6 is 0 Å².